The molecule has 0 fully saturated rings. The van der Waals surface area contributed by atoms with Gasteiger partial charge in [0.05, 0.1) is 25.8 Å². The monoisotopic (exact) mass is 622 g/mol. The Morgan fingerprint density at radius 3 is 2.34 bits per heavy atom. The van der Waals surface area contributed by atoms with Crippen LogP contribution in [0.25, 0.3) is 10.9 Å². The van der Waals surface area contributed by atoms with Gasteiger partial charge in [-0.2, -0.15) is 4.98 Å². The molecule has 3 heterocycles. The molecule has 0 bridgehead atoms. The number of hydrogen-bond acceptors (Lipinski definition) is 8. The second-order valence-corrected chi connectivity index (χ2v) is 11.8. The van der Waals surface area contributed by atoms with E-state index in [9.17, 15) is 5.11 Å². The zero-order valence-corrected chi connectivity index (χ0v) is 26.6. The third-order valence-corrected chi connectivity index (χ3v) is 7.84. The molecule has 0 radical (unpaired) electrons. The van der Waals surface area contributed by atoms with Crippen LogP contribution in [0.15, 0.2) is 53.1 Å². The van der Waals surface area contributed by atoms with Crippen molar-refractivity contribution < 1.29 is 19.3 Å². The lowest BCUT2D eigenvalue weighted by molar-refractivity contribution is 0.00297. The summed E-state index contributed by atoms with van der Waals surface area (Å²) in [5.74, 6) is 0.595. The highest BCUT2D eigenvalue weighted by atomic mass is 79.9. The third kappa shape index (κ3) is 6.63. The van der Waals surface area contributed by atoms with Crippen LogP contribution < -0.4 is 14.2 Å². The predicted molar refractivity (Wildman–Crippen MR) is 165 cm³/mol. The number of ether oxygens (including phenoxy) is 3. The van der Waals surface area contributed by atoms with Crippen molar-refractivity contribution in [3.63, 3.8) is 0 Å². The Morgan fingerprint density at radius 1 is 0.951 bits per heavy atom. The summed E-state index contributed by atoms with van der Waals surface area (Å²) in [5.41, 5.74) is 3.52. The first-order valence-corrected chi connectivity index (χ1v) is 14.4. The number of nitrogens with zero attached hydrogens (tertiary/aromatic N) is 4. The molecule has 9 heteroatoms. The number of benzene rings is 1. The van der Waals surface area contributed by atoms with Gasteiger partial charge in [0.25, 0.3) is 0 Å². The van der Waals surface area contributed by atoms with Crippen molar-refractivity contribution in [2.45, 2.75) is 51.7 Å². The lowest BCUT2D eigenvalue weighted by atomic mass is 9.71. The Hall–Kier alpha value is -3.27. The smallest absolute Gasteiger partial charge is 0.217 e. The summed E-state index contributed by atoms with van der Waals surface area (Å²) < 4.78 is 18.4. The van der Waals surface area contributed by atoms with Crippen LogP contribution in [0.5, 0.6) is 17.6 Å². The summed E-state index contributed by atoms with van der Waals surface area (Å²) in [4.78, 5) is 16.0. The molecular formula is C32H39BrN4O4. The highest BCUT2D eigenvalue weighted by Crippen LogP contribution is 2.49. The van der Waals surface area contributed by atoms with Gasteiger partial charge in [0.2, 0.25) is 17.6 Å². The molecule has 0 aliphatic heterocycles. The van der Waals surface area contributed by atoms with Crippen LogP contribution in [0, 0.1) is 13.8 Å². The first-order chi connectivity index (χ1) is 19.5. The van der Waals surface area contributed by atoms with Crippen LogP contribution in [0.4, 0.5) is 0 Å². The van der Waals surface area contributed by atoms with Crippen molar-refractivity contribution >= 4 is 26.8 Å². The van der Waals surface area contributed by atoms with Gasteiger partial charge in [-0.25, -0.2) is 4.98 Å². The van der Waals surface area contributed by atoms with E-state index in [0.717, 1.165) is 37.8 Å². The van der Waals surface area contributed by atoms with Crippen molar-refractivity contribution in [3.05, 3.63) is 81.1 Å². The van der Waals surface area contributed by atoms with Crippen LogP contribution in [0.3, 0.4) is 0 Å². The second-order valence-electron chi connectivity index (χ2n) is 10.8. The normalized spacial score (nSPS) is 13.9. The summed E-state index contributed by atoms with van der Waals surface area (Å²) in [6, 6.07) is 13.6. The first kappa shape index (κ1) is 30.7. The highest BCUT2D eigenvalue weighted by Gasteiger charge is 2.44. The summed E-state index contributed by atoms with van der Waals surface area (Å²) >= 11 is 3.60. The van der Waals surface area contributed by atoms with E-state index in [1.165, 1.54) is 0 Å². The van der Waals surface area contributed by atoms with Gasteiger partial charge in [0, 0.05) is 51.9 Å². The third-order valence-electron chi connectivity index (χ3n) is 7.34. The maximum Gasteiger partial charge on any atom is 0.217 e. The molecule has 41 heavy (non-hydrogen) atoms. The Kier molecular flexibility index (Phi) is 9.51. The highest BCUT2D eigenvalue weighted by molar-refractivity contribution is 9.10. The van der Waals surface area contributed by atoms with Gasteiger partial charge < -0.3 is 24.2 Å². The maximum atomic E-state index is 13.2. The van der Waals surface area contributed by atoms with E-state index in [4.69, 9.17) is 19.2 Å². The minimum Gasteiger partial charge on any atom is -0.481 e. The number of aryl methyl sites for hydroxylation is 1. The molecule has 0 spiro atoms. The fourth-order valence-corrected chi connectivity index (χ4v) is 5.54. The number of hydrogen-bond donors (Lipinski definition) is 1. The van der Waals surface area contributed by atoms with Crippen LogP contribution in [-0.2, 0) is 5.60 Å². The van der Waals surface area contributed by atoms with Crippen molar-refractivity contribution in [1.82, 2.24) is 19.9 Å². The van der Waals surface area contributed by atoms with Crippen molar-refractivity contribution in [3.8, 4) is 17.6 Å². The predicted octanol–water partition coefficient (Wildman–Crippen LogP) is 6.18. The lowest BCUT2D eigenvalue weighted by Crippen LogP contribution is -2.38. The van der Waals surface area contributed by atoms with E-state index in [1.807, 2.05) is 72.1 Å². The van der Waals surface area contributed by atoms with E-state index in [-0.39, 0.29) is 6.10 Å². The van der Waals surface area contributed by atoms with E-state index < -0.39 is 11.5 Å². The van der Waals surface area contributed by atoms with Crippen LogP contribution >= 0.6 is 15.9 Å². The number of rotatable bonds is 11. The lowest BCUT2D eigenvalue weighted by Gasteiger charge is -2.39. The standard InChI is InChI=1S/C32H39BrN4O4/c1-19(2)41-29-18-23(17-28(36-29)39-7)32(38,12-14-37(5)6)30(25-11-13-34-21(4)20(25)3)26-16-22-15-24(33)9-10-27(22)35-31(26)40-8/h9-11,13,15-19,30,38H,12,14H2,1-8H3. The maximum absolute atomic E-state index is 13.2. The number of aliphatic hydroxyl groups is 1. The zero-order valence-electron chi connectivity index (χ0n) is 25.0. The summed E-state index contributed by atoms with van der Waals surface area (Å²) in [5, 5.41) is 14.1. The molecule has 0 aliphatic carbocycles. The molecule has 1 N–H and O–H groups in total. The molecule has 0 saturated heterocycles. The van der Waals surface area contributed by atoms with Crippen LogP contribution in [0.1, 0.15) is 54.1 Å². The van der Waals surface area contributed by atoms with Gasteiger partial charge in [0.1, 0.15) is 5.60 Å². The average molecular weight is 624 g/mol. The molecule has 3 aromatic heterocycles. The molecule has 2 atom stereocenters. The van der Waals surface area contributed by atoms with E-state index in [0.29, 0.717) is 36.2 Å². The summed E-state index contributed by atoms with van der Waals surface area (Å²) in [6.07, 6.45) is 2.07. The fraction of sp³-hybridized carbons (Fsp3) is 0.406. The molecule has 218 valence electrons. The molecule has 1 aromatic carbocycles. The minimum absolute atomic E-state index is 0.110. The summed E-state index contributed by atoms with van der Waals surface area (Å²) in [6.45, 7) is 8.50. The average Bonchev–Trinajstić information content (AvgIpc) is 2.93. The van der Waals surface area contributed by atoms with Gasteiger partial charge in [-0.05, 0) is 95.2 Å². The molecule has 0 saturated carbocycles. The van der Waals surface area contributed by atoms with E-state index >= 15 is 0 Å². The molecule has 0 aliphatic rings. The van der Waals surface area contributed by atoms with Crippen molar-refractivity contribution in [2.75, 3.05) is 34.9 Å². The largest absolute Gasteiger partial charge is 0.481 e. The van der Waals surface area contributed by atoms with E-state index in [2.05, 4.69) is 36.9 Å². The Morgan fingerprint density at radius 2 is 1.68 bits per heavy atom. The zero-order chi connectivity index (χ0) is 29.9. The number of pyridine rings is 3. The molecule has 0 amide bonds. The SMILES string of the molecule is COc1cc(C(O)(CCN(C)C)C(c2cc3cc(Br)ccc3nc2OC)c2ccnc(C)c2C)cc(OC(C)C)n1. The topological polar surface area (TPSA) is 89.8 Å². The fourth-order valence-electron chi connectivity index (χ4n) is 5.16. The molecular weight excluding hydrogens is 584 g/mol. The van der Waals surface area contributed by atoms with Crippen molar-refractivity contribution in [1.29, 1.82) is 0 Å². The van der Waals surface area contributed by atoms with Crippen molar-refractivity contribution in [2.24, 2.45) is 0 Å². The quantitative estimate of drug-likeness (QED) is 0.212. The number of halogens is 1. The first-order valence-electron chi connectivity index (χ1n) is 13.6. The van der Waals surface area contributed by atoms with Gasteiger partial charge in [-0.1, -0.05) is 15.9 Å². The van der Waals surface area contributed by atoms with Gasteiger partial charge in [0.15, 0.2) is 0 Å². The molecule has 2 unspecified atom stereocenters. The van der Waals surface area contributed by atoms with Crippen LogP contribution in [0.2, 0.25) is 0 Å². The molecule has 8 nitrogen and oxygen atoms in total. The Labute approximate surface area is 250 Å². The van der Waals surface area contributed by atoms with Gasteiger partial charge in [-0.15, -0.1) is 0 Å². The summed E-state index contributed by atoms with van der Waals surface area (Å²) in [7, 11) is 7.16. The van der Waals surface area contributed by atoms with Crippen LogP contribution in [-0.4, -0.2) is 65.9 Å². The minimum atomic E-state index is -1.46. The Bertz CT molecular complexity index is 1530. The van der Waals surface area contributed by atoms with Gasteiger partial charge in [-0.3, -0.25) is 4.98 Å². The Balaban J connectivity index is 2.10. The number of aromatic nitrogens is 3. The number of methoxy groups -OCH3 is 2. The number of fused-ring (bicyclic) bond motifs is 1. The molecule has 4 aromatic rings. The molecule has 4 rings (SSSR count). The van der Waals surface area contributed by atoms with E-state index in [1.54, 1.807) is 26.5 Å². The van der Waals surface area contributed by atoms with Gasteiger partial charge >= 0.3 is 0 Å². The second kappa shape index (κ2) is 12.7.